The van der Waals surface area contributed by atoms with E-state index < -0.39 is 32.7 Å². The highest BCUT2D eigenvalue weighted by atomic mass is 35.5. The quantitative estimate of drug-likeness (QED) is 0.689. The second-order valence-corrected chi connectivity index (χ2v) is 9.89. The molecule has 0 aliphatic carbocycles. The van der Waals surface area contributed by atoms with Gasteiger partial charge in [0.15, 0.2) is 0 Å². The molecule has 0 saturated carbocycles. The van der Waals surface area contributed by atoms with Crippen molar-refractivity contribution in [2.75, 3.05) is 31.5 Å². The Bertz CT molecular complexity index is 1100. The number of amides is 1. The molecule has 1 fully saturated rings. The Morgan fingerprint density at radius 2 is 1.72 bits per heavy atom. The molecule has 0 radical (unpaired) electrons. The van der Waals surface area contributed by atoms with Crippen LogP contribution >= 0.6 is 11.6 Å². The Balaban J connectivity index is 1.65. The van der Waals surface area contributed by atoms with E-state index in [9.17, 15) is 26.4 Å². The molecule has 1 aliphatic heterocycles. The summed E-state index contributed by atoms with van der Waals surface area (Å²) >= 11 is 6.08. The molecule has 1 unspecified atom stereocenters. The molecule has 174 valence electrons. The van der Waals surface area contributed by atoms with Gasteiger partial charge in [-0.2, -0.15) is 17.5 Å². The van der Waals surface area contributed by atoms with Gasteiger partial charge in [-0.15, -0.1) is 0 Å². The summed E-state index contributed by atoms with van der Waals surface area (Å²) in [4.78, 5) is 14.1. The summed E-state index contributed by atoms with van der Waals surface area (Å²) in [6.45, 7) is 4.16. The van der Waals surface area contributed by atoms with E-state index in [0.717, 1.165) is 28.1 Å². The minimum Gasteiger partial charge on any atom is -0.324 e. The first-order valence-corrected chi connectivity index (χ1v) is 11.7. The number of alkyl halides is 3. The molecule has 2 aromatic carbocycles. The molecular formula is C21H23ClF3N3O3S. The van der Waals surface area contributed by atoms with Crippen LogP contribution in [0.3, 0.4) is 0 Å². The Morgan fingerprint density at radius 1 is 1.09 bits per heavy atom. The molecule has 1 atom stereocenters. The van der Waals surface area contributed by atoms with Crippen molar-refractivity contribution in [3.8, 4) is 0 Å². The highest BCUT2D eigenvalue weighted by Crippen LogP contribution is 2.31. The van der Waals surface area contributed by atoms with Gasteiger partial charge in [-0.1, -0.05) is 23.7 Å². The van der Waals surface area contributed by atoms with Crippen LogP contribution in [0.4, 0.5) is 18.9 Å². The fourth-order valence-corrected chi connectivity index (χ4v) is 5.10. The standard InChI is InChI=1S/C21H23ClF3N3O3S/c1-14-18(22)7-4-8-19(14)26-20(29)15(2)27-9-11-28(12-10-27)32(30,31)17-6-3-5-16(13-17)21(23,24)25/h3-8,13,15H,9-12H2,1-2H3,(H,26,29). The van der Waals surface area contributed by atoms with Gasteiger partial charge in [0.1, 0.15) is 0 Å². The fraction of sp³-hybridized carbons (Fsp3) is 0.381. The van der Waals surface area contributed by atoms with E-state index in [1.54, 1.807) is 32.0 Å². The van der Waals surface area contributed by atoms with Crippen LogP contribution in [0.2, 0.25) is 5.02 Å². The van der Waals surface area contributed by atoms with E-state index in [2.05, 4.69) is 5.32 Å². The fourth-order valence-electron chi connectivity index (χ4n) is 3.46. The number of anilines is 1. The van der Waals surface area contributed by atoms with E-state index in [1.807, 2.05) is 4.90 Å². The number of hydrogen-bond donors (Lipinski definition) is 1. The SMILES string of the molecule is Cc1c(Cl)cccc1NC(=O)C(C)N1CCN(S(=O)(=O)c2cccc(C(F)(F)F)c2)CC1. The Hall–Kier alpha value is -2.14. The van der Waals surface area contributed by atoms with Crippen LogP contribution in [0.25, 0.3) is 0 Å². The number of carbonyl (C=O) groups excluding carboxylic acids is 1. The first kappa shape index (κ1) is 24.5. The third-order valence-corrected chi connectivity index (χ3v) is 7.83. The lowest BCUT2D eigenvalue weighted by Crippen LogP contribution is -2.53. The third-order valence-electron chi connectivity index (χ3n) is 5.53. The smallest absolute Gasteiger partial charge is 0.324 e. The van der Waals surface area contributed by atoms with Gasteiger partial charge < -0.3 is 5.32 Å². The molecule has 1 N–H and O–H groups in total. The zero-order valence-electron chi connectivity index (χ0n) is 17.5. The highest BCUT2D eigenvalue weighted by Gasteiger charge is 2.35. The summed E-state index contributed by atoms with van der Waals surface area (Å²) in [6.07, 6.45) is -4.63. The topological polar surface area (TPSA) is 69.7 Å². The summed E-state index contributed by atoms with van der Waals surface area (Å²) in [5.74, 6) is -0.260. The lowest BCUT2D eigenvalue weighted by atomic mass is 10.1. The molecular weight excluding hydrogens is 467 g/mol. The van der Waals surface area contributed by atoms with Crippen LogP contribution in [0.1, 0.15) is 18.1 Å². The average molecular weight is 490 g/mol. The van der Waals surface area contributed by atoms with Gasteiger partial charge in [0.2, 0.25) is 15.9 Å². The Kier molecular flexibility index (Phi) is 7.18. The van der Waals surface area contributed by atoms with Crippen LogP contribution in [0.5, 0.6) is 0 Å². The number of sulfonamides is 1. The monoisotopic (exact) mass is 489 g/mol. The number of nitrogens with zero attached hydrogens (tertiary/aromatic N) is 2. The summed E-state index contributed by atoms with van der Waals surface area (Å²) in [7, 11) is -4.08. The highest BCUT2D eigenvalue weighted by molar-refractivity contribution is 7.89. The zero-order valence-corrected chi connectivity index (χ0v) is 19.1. The van der Waals surface area contributed by atoms with Crippen molar-refractivity contribution in [3.63, 3.8) is 0 Å². The van der Waals surface area contributed by atoms with E-state index in [0.29, 0.717) is 16.8 Å². The van der Waals surface area contributed by atoms with Crippen molar-refractivity contribution < 1.29 is 26.4 Å². The van der Waals surface area contributed by atoms with Crippen LogP contribution in [-0.2, 0) is 21.0 Å². The summed E-state index contributed by atoms with van der Waals surface area (Å²) in [5.41, 5.74) is 0.325. The van der Waals surface area contributed by atoms with Crippen molar-refractivity contribution in [1.29, 1.82) is 0 Å². The minimum absolute atomic E-state index is 0.0619. The number of rotatable bonds is 5. The van der Waals surface area contributed by atoms with Gasteiger partial charge in [-0.3, -0.25) is 9.69 Å². The van der Waals surface area contributed by atoms with Gasteiger partial charge >= 0.3 is 6.18 Å². The second-order valence-electron chi connectivity index (χ2n) is 7.54. The van der Waals surface area contributed by atoms with Gasteiger partial charge in [0.25, 0.3) is 0 Å². The summed E-state index contributed by atoms with van der Waals surface area (Å²) in [6, 6.07) is 8.37. The molecule has 0 aromatic heterocycles. The van der Waals surface area contributed by atoms with Gasteiger partial charge in [0, 0.05) is 36.9 Å². The molecule has 6 nitrogen and oxygen atoms in total. The van der Waals surface area contributed by atoms with Crippen LogP contribution < -0.4 is 5.32 Å². The number of nitrogens with one attached hydrogen (secondary N) is 1. The molecule has 32 heavy (non-hydrogen) atoms. The first-order valence-electron chi connectivity index (χ1n) is 9.88. The number of carbonyl (C=O) groups is 1. The molecule has 0 spiro atoms. The second kappa shape index (κ2) is 9.38. The molecule has 2 aromatic rings. The first-order chi connectivity index (χ1) is 14.9. The van der Waals surface area contributed by atoms with Crippen LogP contribution in [-0.4, -0.2) is 55.8 Å². The molecule has 1 aliphatic rings. The number of piperazine rings is 1. The average Bonchev–Trinajstić information content (AvgIpc) is 2.76. The number of benzene rings is 2. The third kappa shape index (κ3) is 5.25. The summed E-state index contributed by atoms with van der Waals surface area (Å²) < 4.78 is 65.7. The lowest BCUT2D eigenvalue weighted by molar-refractivity contribution is -0.137. The number of hydrogen-bond acceptors (Lipinski definition) is 4. The minimum atomic E-state index is -4.63. The largest absolute Gasteiger partial charge is 0.416 e. The van der Waals surface area contributed by atoms with Gasteiger partial charge in [-0.25, -0.2) is 8.42 Å². The van der Waals surface area contributed by atoms with Crippen molar-refractivity contribution in [3.05, 3.63) is 58.6 Å². The van der Waals surface area contributed by atoms with Gasteiger partial charge in [-0.05, 0) is 49.7 Å². The maximum Gasteiger partial charge on any atom is 0.416 e. The van der Waals surface area contributed by atoms with Crippen LogP contribution in [0, 0.1) is 6.92 Å². The van der Waals surface area contributed by atoms with Crippen molar-refractivity contribution in [1.82, 2.24) is 9.21 Å². The normalized spacial score (nSPS) is 17.2. The molecule has 1 saturated heterocycles. The predicted octanol–water partition coefficient (Wildman–Crippen LogP) is 4.00. The number of halogens is 4. The molecule has 11 heteroatoms. The Morgan fingerprint density at radius 3 is 2.34 bits per heavy atom. The van der Waals surface area contributed by atoms with E-state index in [1.165, 1.54) is 0 Å². The van der Waals surface area contributed by atoms with Crippen molar-refractivity contribution in [2.24, 2.45) is 0 Å². The van der Waals surface area contributed by atoms with Crippen LogP contribution in [0.15, 0.2) is 47.4 Å². The molecule has 1 heterocycles. The van der Waals surface area contributed by atoms with Gasteiger partial charge in [0.05, 0.1) is 16.5 Å². The maximum atomic E-state index is 13.0. The molecule has 0 bridgehead atoms. The maximum absolute atomic E-state index is 13.0. The predicted molar refractivity (Wildman–Crippen MR) is 116 cm³/mol. The zero-order chi connectivity index (χ0) is 23.7. The summed E-state index contributed by atoms with van der Waals surface area (Å²) in [5, 5.41) is 3.36. The van der Waals surface area contributed by atoms with E-state index in [-0.39, 0.29) is 32.1 Å². The van der Waals surface area contributed by atoms with E-state index in [4.69, 9.17) is 11.6 Å². The van der Waals surface area contributed by atoms with E-state index >= 15 is 0 Å². The lowest BCUT2D eigenvalue weighted by Gasteiger charge is -2.36. The molecule has 3 rings (SSSR count). The van der Waals surface area contributed by atoms with Crippen molar-refractivity contribution in [2.45, 2.75) is 31.0 Å². The molecule has 1 amide bonds. The Labute approximate surface area is 190 Å². The van der Waals surface area contributed by atoms with Crippen molar-refractivity contribution >= 4 is 33.2 Å².